The van der Waals surface area contributed by atoms with Crippen molar-refractivity contribution in [3.8, 4) is 11.3 Å². The first-order chi connectivity index (χ1) is 15.8. The monoisotopic (exact) mass is 444 g/mol. The van der Waals surface area contributed by atoms with Crippen LogP contribution in [0.3, 0.4) is 0 Å². The Morgan fingerprint density at radius 3 is 2.36 bits per heavy atom. The van der Waals surface area contributed by atoms with E-state index in [0.717, 1.165) is 16.6 Å². The van der Waals surface area contributed by atoms with Gasteiger partial charge in [0, 0.05) is 16.7 Å². The normalized spacial score (nSPS) is 15.4. The van der Waals surface area contributed by atoms with E-state index in [-0.39, 0.29) is 11.3 Å². The van der Waals surface area contributed by atoms with Gasteiger partial charge >= 0.3 is 6.09 Å². The molecule has 6 nitrogen and oxygen atoms in total. The standard InChI is InChI=1S/C27H28N2O4/c1-5-27(6-2,15-23-25(31)29-26(32)33-23)21-12-13-22(28-24(21)30)18-11-10-17-8-7-9-19(16(3)4)20(17)14-18/h7-16H,5-6H2,1-4H3,(H,28,30)(H,29,31,32)/b23-15-. The number of fused-ring (bicyclic) bond motifs is 1. The molecule has 0 spiro atoms. The maximum Gasteiger partial charge on any atom is 0.419 e. The number of rotatable bonds is 6. The number of amides is 2. The van der Waals surface area contributed by atoms with Crippen molar-refractivity contribution in [2.45, 2.75) is 51.9 Å². The number of carbonyl (C=O) groups excluding carboxylic acids is 2. The minimum Gasteiger partial charge on any atom is -0.404 e. The zero-order valence-electron chi connectivity index (χ0n) is 19.3. The van der Waals surface area contributed by atoms with Gasteiger partial charge in [-0.2, -0.15) is 0 Å². The number of H-pyrrole nitrogens is 1. The van der Waals surface area contributed by atoms with Crippen LogP contribution in [0.1, 0.15) is 57.6 Å². The number of cyclic esters (lactones) is 1. The molecular weight excluding hydrogens is 416 g/mol. The lowest BCUT2D eigenvalue weighted by Gasteiger charge is -2.28. The first-order valence-corrected chi connectivity index (χ1v) is 11.3. The Kier molecular flexibility index (Phi) is 5.93. The van der Waals surface area contributed by atoms with Gasteiger partial charge in [0.05, 0.1) is 0 Å². The molecule has 0 unspecified atom stereocenters. The molecule has 1 aliphatic heterocycles. The molecule has 2 heterocycles. The lowest BCUT2D eigenvalue weighted by molar-refractivity contribution is -0.116. The van der Waals surface area contributed by atoms with Crippen LogP contribution in [0.15, 0.2) is 65.2 Å². The minimum atomic E-state index is -0.798. The lowest BCUT2D eigenvalue weighted by Crippen LogP contribution is -2.31. The van der Waals surface area contributed by atoms with Gasteiger partial charge in [0.2, 0.25) is 0 Å². The molecule has 0 radical (unpaired) electrons. The fourth-order valence-corrected chi connectivity index (χ4v) is 4.59. The topological polar surface area (TPSA) is 88.3 Å². The lowest BCUT2D eigenvalue weighted by atomic mass is 9.75. The number of aromatic amines is 1. The summed E-state index contributed by atoms with van der Waals surface area (Å²) in [5.74, 6) is -0.269. The van der Waals surface area contributed by atoms with Crippen molar-refractivity contribution < 1.29 is 14.3 Å². The highest BCUT2D eigenvalue weighted by Crippen LogP contribution is 2.34. The number of imide groups is 1. The molecule has 4 rings (SSSR count). The smallest absolute Gasteiger partial charge is 0.404 e. The summed E-state index contributed by atoms with van der Waals surface area (Å²) in [5.41, 5.74) is 2.49. The third-order valence-electron chi connectivity index (χ3n) is 6.61. The molecule has 2 N–H and O–H groups in total. The second-order valence-corrected chi connectivity index (χ2v) is 8.77. The van der Waals surface area contributed by atoms with E-state index in [9.17, 15) is 14.4 Å². The molecule has 1 saturated heterocycles. The van der Waals surface area contributed by atoms with E-state index >= 15 is 0 Å². The molecule has 2 amide bonds. The SMILES string of the molecule is CCC(/C=C1\OC(=O)NC1=O)(CC)c1ccc(-c2ccc3cccc(C(C)C)c3c2)[nH]c1=O. The van der Waals surface area contributed by atoms with E-state index in [0.29, 0.717) is 24.3 Å². The van der Waals surface area contributed by atoms with Crippen molar-refractivity contribution in [2.75, 3.05) is 0 Å². The Bertz CT molecular complexity index is 1330. The average Bonchev–Trinajstić information content (AvgIpc) is 3.12. The number of hydrogen-bond acceptors (Lipinski definition) is 4. The van der Waals surface area contributed by atoms with E-state index in [1.807, 2.05) is 32.0 Å². The van der Waals surface area contributed by atoms with Crippen LogP contribution in [0.4, 0.5) is 4.79 Å². The number of benzene rings is 2. The Labute approximate surface area is 192 Å². The van der Waals surface area contributed by atoms with E-state index in [1.54, 1.807) is 6.08 Å². The number of hydrogen-bond donors (Lipinski definition) is 2. The summed E-state index contributed by atoms with van der Waals surface area (Å²) in [4.78, 5) is 39.7. The van der Waals surface area contributed by atoms with Crippen LogP contribution in [0.2, 0.25) is 0 Å². The predicted octanol–water partition coefficient (Wildman–Crippen LogP) is 5.53. The van der Waals surface area contributed by atoms with Crippen LogP contribution in [-0.4, -0.2) is 17.0 Å². The number of ether oxygens (including phenoxy) is 1. The number of pyridine rings is 1. The molecule has 6 heteroatoms. The van der Waals surface area contributed by atoms with Gasteiger partial charge < -0.3 is 9.72 Å². The molecule has 3 aromatic rings. The molecule has 1 aromatic heterocycles. The Balaban J connectivity index is 1.79. The van der Waals surface area contributed by atoms with Crippen molar-refractivity contribution in [3.05, 3.63) is 81.8 Å². The summed E-state index contributed by atoms with van der Waals surface area (Å²) >= 11 is 0. The Morgan fingerprint density at radius 2 is 1.76 bits per heavy atom. The third-order valence-corrected chi connectivity index (χ3v) is 6.61. The summed E-state index contributed by atoms with van der Waals surface area (Å²) < 4.78 is 5.01. The number of aromatic nitrogens is 1. The highest BCUT2D eigenvalue weighted by atomic mass is 16.6. The number of carbonyl (C=O) groups is 2. The van der Waals surface area contributed by atoms with Crippen molar-refractivity contribution in [1.29, 1.82) is 0 Å². The van der Waals surface area contributed by atoms with Crippen LogP contribution in [-0.2, 0) is 14.9 Å². The van der Waals surface area contributed by atoms with Crippen molar-refractivity contribution in [1.82, 2.24) is 10.3 Å². The quantitative estimate of drug-likeness (QED) is 0.490. The molecule has 2 aromatic carbocycles. The second-order valence-electron chi connectivity index (χ2n) is 8.77. The van der Waals surface area contributed by atoms with Crippen molar-refractivity contribution >= 4 is 22.8 Å². The molecule has 170 valence electrons. The number of allylic oxidation sites excluding steroid dienone is 1. The number of nitrogens with one attached hydrogen (secondary N) is 2. The molecule has 1 aliphatic rings. The fourth-order valence-electron chi connectivity index (χ4n) is 4.59. The van der Waals surface area contributed by atoms with E-state index in [1.165, 1.54) is 10.9 Å². The van der Waals surface area contributed by atoms with Gasteiger partial charge in [-0.3, -0.25) is 14.9 Å². The second kappa shape index (κ2) is 8.70. The summed E-state index contributed by atoms with van der Waals surface area (Å²) in [5, 5.41) is 4.44. The fraction of sp³-hybridized carbons (Fsp3) is 0.296. The summed E-state index contributed by atoms with van der Waals surface area (Å²) in [6.07, 6.45) is 1.93. The Hall–Kier alpha value is -3.67. The summed E-state index contributed by atoms with van der Waals surface area (Å²) in [6, 6.07) is 16.2. The number of alkyl carbamates (subject to hydrolysis) is 1. The van der Waals surface area contributed by atoms with E-state index in [2.05, 4.69) is 54.5 Å². The van der Waals surface area contributed by atoms with Crippen LogP contribution in [0.5, 0.6) is 0 Å². The molecule has 0 saturated carbocycles. The zero-order valence-corrected chi connectivity index (χ0v) is 19.3. The molecule has 0 atom stereocenters. The van der Waals surface area contributed by atoms with Gasteiger partial charge in [-0.1, -0.05) is 64.1 Å². The average molecular weight is 445 g/mol. The predicted molar refractivity (Wildman–Crippen MR) is 129 cm³/mol. The maximum absolute atomic E-state index is 13.2. The highest BCUT2D eigenvalue weighted by molar-refractivity contribution is 6.07. The molecule has 33 heavy (non-hydrogen) atoms. The summed E-state index contributed by atoms with van der Waals surface area (Å²) in [7, 11) is 0. The van der Waals surface area contributed by atoms with Crippen LogP contribution < -0.4 is 10.9 Å². The van der Waals surface area contributed by atoms with Crippen molar-refractivity contribution in [3.63, 3.8) is 0 Å². The van der Waals surface area contributed by atoms with Gasteiger partial charge in [0.15, 0.2) is 5.76 Å². The van der Waals surface area contributed by atoms with Crippen LogP contribution >= 0.6 is 0 Å². The van der Waals surface area contributed by atoms with Crippen LogP contribution in [0, 0.1) is 0 Å². The van der Waals surface area contributed by atoms with Crippen LogP contribution in [0.25, 0.3) is 22.0 Å². The third kappa shape index (κ3) is 4.09. The van der Waals surface area contributed by atoms with Gasteiger partial charge in [0.1, 0.15) is 0 Å². The molecular formula is C27H28N2O4. The maximum atomic E-state index is 13.2. The van der Waals surface area contributed by atoms with Gasteiger partial charge in [-0.05, 0) is 58.9 Å². The minimum absolute atomic E-state index is 0.0667. The zero-order chi connectivity index (χ0) is 23.8. The van der Waals surface area contributed by atoms with Crippen molar-refractivity contribution in [2.24, 2.45) is 0 Å². The first-order valence-electron chi connectivity index (χ1n) is 11.3. The van der Waals surface area contributed by atoms with Gasteiger partial charge in [-0.15, -0.1) is 0 Å². The van der Waals surface area contributed by atoms with E-state index in [4.69, 9.17) is 4.74 Å². The van der Waals surface area contributed by atoms with Gasteiger partial charge in [0.25, 0.3) is 11.5 Å². The molecule has 0 bridgehead atoms. The molecule has 0 aliphatic carbocycles. The van der Waals surface area contributed by atoms with Gasteiger partial charge in [-0.25, -0.2) is 4.79 Å². The summed E-state index contributed by atoms with van der Waals surface area (Å²) in [6.45, 7) is 8.23. The molecule has 1 fully saturated rings. The Morgan fingerprint density at radius 1 is 1.00 bits per heavy atom. The first kappa shape index (κ1) is 22.5. The largest absolute Gasteiger partial charge is 0.419 e. The van der Waals surface area contributed by atoms with E-state index < -0.39 is 17.4 Å². The highest BCUT2D eigenvalue weighted by Gasteiger charge is 2.35.